The molecule has 0 aliphatic carbocycles. The molecule has 4 heteroatoms. The Hall–Kier alpha value is -1.78. The van der Waals surface area contributed by atoms with E-state index in [0.717, 1.165) is 16.7 Å². The maximum absolute atomic E-state index is 13.1. The van der Waals surface area contributed by atoms with Crippen LogP contribution in [-0.4, -0.2) is 4.98 Å². The van der Waals surface area contributed by atoms with Crippen molar-refractivity contribution < 1.29 is 4.39 Å². The third-order valence-electron chi connectivity index (χ3n) is 3.71. The molecule has 0 bridgehead atoms. The van der Waals surface area contributed by atoms with Gasteiger partial charge in [0.25, 0.3) is 0 Å². The van der Waals surface area contributed by atoms with Crippen molar-refractivity contribution in [3.05, 3.63) is 65.2 Å². The number of benzene rings is 1. The lowest BCUT2D eigenvalue weighted by molar-refractivity contribution is 0.351. The summed E-state index contributed by atoms with van der Waals surface area (Å²) in [6.45, 7) is 6.15. The normalized spacial score (nSPS) is 13.2. The molecule has 1 unspecified atom stereocenters. The molecule has 0 aliphatic rings. The number of nitrogens with two attached hydrogens (primary N) is 1. The zero-order valence-corrected chi connectivity index (χ0v) is 12.0. The van der Waals surface area contributed by atoms with Gasteiger partial charge in [-0.3, -0.25) is 16.3 Å². The monoisotopic (exact) mass is 273 g/mol. The second-order valence-corrected chi connectivity index (χ2v) is 5.62. The van der Waals surface area contributed by atoms with Gasteiger partial charge in [0.1, 0.15) is 5.82 Å². The maximum atomic E-state index is 13.1. The lowest BCUT2D eigenvalue weighted by Crippen LogP contribution is -2.41. The summed E-state index contributed by atoms with van der Waals surface area (Å²) in [5.41, 5.74) is 5.69. The predicted octanol–water partition coefficient (Wildman–Crippen LogP) is 3.01. The van der Waals surface area contributed by atoms with Crippen molar-refractivity contribution >= 4 is 0 Å². The van der Waals surface area contributed by atoms with Crippen LogP contribution in [0, 0.1) is 12.7 Å². The molecule has 2 rings (SSSR count). The van der Waals surface area contributed by atoms with Gasteiger partial charge in [-0.05, 0) is 35.7 Å². The number of halogens is 1. The fourth-order valence-electron chi connectivity index (χ4n) is 2.50. The first-order valence-electron chi connectivity index (χ1n) is 6.59. The van der Waals surface area contributed by atoms with E-state index in [0.29, 0.717) is 0 Å². The summed E-state index contributed by atoms with van der Waals surface area (Å²) in [5, 5.41) is 0. The van der Waals surface area contributed by atoms with Crippen LogP contribution in [0.3, 0.4) is 0 Å². The van der Waals surface area contributed by atoms with Gasteiger partial charge in [0.2, 0.25) is 0 Å². The van der Waals surface area contributed by atoms with Gasteiger partial charge in [0.15, 0.2) is 0 Å². The second-order valence-electron chi connectivity index (χ2n) is 5.62. The lowest BCUT2D eigenvalue weighted by Gasteiger charge is -2.34. The maximum Gasteiger partial charge on any atom is 0.123 e. The molecule has 0 amide bonds. The Kier molecular flexibility index (Phi) is 4.16. The van der Waals surface area contributed by atoms with Crippen LogP contribution in [0.2, 0.25) is 0 Å². The number of hydrogen-bond donors (Lipinski definition) is 2. The van der Waals surface area contributed by atoms with E-state index in [1.54, 1.807) is 12.1 Å². The first kappa shape index (κ1) is 14.6. The molecule has 0 aliphatic heterocycles. The molecular weight excluding hydrogens is 253 g/mol. The summed E-state index contributed by atoms with van der Waals surface area (Å²) < 4.78 is 13.1. The SMILES string of the molecule is Cc1cncc(C(NN)C(C)(C)c2ccc(F)cc2)c1. The Labute approximate surface area is 119 Å². The number of nitrogens with zero attached hydrogens (tertiary/aromatic N) is 1. The smallest absolute Gasteiger partial charge is 0.123 e. The fourth-order valence-corrected chi connectivity index (χ4v) is 2.50. The average molecular weight is 273 g/mol. The molecule has 106 valence electrons. The highest BCUT2D eigenvalue weighted by molar-refractivity contribution is 5.32. The molecule has 3 N–H and O–H groups in total. The Bertz CT molecular complexity index is 579. The molecule has 1 aromatic heterocycles. The van der Waals surface area contributed by atoms with E-state index in [1.807, 2.05) is 19.3 Å². The van der Waals surface area contributed by atoms with E-state index in [9.17, 15) is 4.39 Å². The van der Waals surface area contributed by atoms with Crippen molar-refractivity contribution in [2.45, 2.75) is 32.2 Å². The molecular formula is C16H20FN3. The molecule has 0 fully saturated rings. The largest absolute Gasteiger partial charge is 0.271 e. The standard InChI is InChI=1S/C16H20FN3/c1-11-8-12(10-19-9-11)15(20-18)16(2,3)13-4-6-14(17)7-5-13/h4-10,15,20H,18H2,1-3H3. The fraction of sp³-hybridized carbons (Fsp3) is 0.312. The van der Waals surface area contributed by atoms with Gasteiger partial charge in [0.05, 0.1) is 6.04 Å². The van der Waals surface area contributed by atoms with Crippen LogP contribution in [0.15, 0.2) is 42.7 Å². The highest BCUT2D eigenvalue weighted by atomic mass is 19.1. The van der Waals surface area contributed by atoms with Crippen molar-refractivity contribution in [2.24, 2.45) is 5.84 Å². The van der Waals surface area contributed by atoms with Crippen molar-refractivity contribution in [2.75, 3.05) is 0 Å². The van der Waals surface area contributed by atoms with Crippen molar-refractivity contribution in [3.8, 4) is 0 Å². The first-order valence-corrected chi connectivity index (χ1v) is 6.59. The Morgan fingerprint density at radius 2 is 1.85 bits per heavy atom. The van der Waals surface area contributed by atoms with Gasteiger partial charge in [-0.2, -0.15) is 0 Å². The summed E-state index contributed by atoms with van der Waals surface area (Å²) in [5.74, 6) is 5.52. The molecule has 0 saturated heterocycles. The number of hydrogen-bond acceptors (Lipinski definition) is 3. The number of aromatic nitrogens is 1. The molecule has 2 aromatic rings. The van der Waals surface area contributed by atoms with Gasteiger partial charge >= 0.3 is 0 Å². The van der Waals surface area contributed by atoms with Crippen molar-refractivity contribution in [3.63, 3.8) is 0 Å². The summed E-state index contributed by atoms with van der Waals surface area (Å²) in [6, 6.07) is 8.48. The minimum atomic E-state index is -0.294. The van der Waals surface area contributed by atoms with Gasteiger partial charge in [0, 0.05) is 17.8 Å². The van der Waals surface area contributed by atoms with E-state index in [2.05, 4.69) is 30.3 Å². The summed E-state index contributed by atoms with van der Waals surface area (Å²) in [4.78, 5) is 4.22. The molecule has 0 saturated carbocycles. The Morgan fingerprint density at radius 3 is 2.40 bits per heavy atom. The summed E-state index contributed by atoms with van der Waals surface area (Å²) in [7, 11) is 0. The summed E-state index contributed by atoms with van der Waals surface area (Å²) >= 11 is 0. The highest BCUT2D eigenvalue weighted by Crippen LogP contribution is 2.36. The molecule has 1 aromatic carbocycles. The second kappa shape index (κ2) is 5.69. The minimum Gasteiger partial charge on any atom is -0.271 e. The average Bonchev–Trinajstić information content (AvgIpc) is 2.40. The molecule has 3 nitrogen and oxygen atoms in total. The van der Waals surface area contributed by atoms with Crippen molar-refractivity contribution in [1.82, 2.24) is 10.4 Å². The molecule has 1 heterocycles. The number of hydrazine groups is 1. The molecule has 0 radical (unpaired) electrons. The van der Waals surface area contributed by atoms with Crippen LogP contribution in [0.25, 0.3) is 0 Å². The molecule has 20 heavy (non-hydrogen) atoms. The molecule has 1 atom stereocenters. The van der Waals surface area contributed by atoms with Crippen LogP contribution in [-0.2, 0) is 5.41 Å². The predicted molar refractivity (Wildman–Crippen MR) is 78.5 cm³/mol. The zero-order valence-electron chi connectivity index (χ0n) is 12.0. The van der Waals surface area contributed by atoms with Crippen LogP contribution < -0.4 is 11.3 Å². The Balaban J connectivity index is 2.41. The third kappa shape index (κ3) is 2.86. The first-order chi connectivity index (χ1) is 9.45. The zero-order chi connectivity index (χ0) is 14.8. The van der Waals surface area contributed by atoms with Crippen molar-refractivity contribution in [1.29, 1.82) is 0 Å². The topological polar surface area (TPSA) is 50.9 Å². The highest BCUT2D eigenvalue weighted by Gasteiger charge is 2.32. The van der Waals surface area contributed by atoms with Crippen LogP contribution in [0.1, 0.15) is 36.6 Å². The van der Waals surface area contributed by atoms with Gasteiger partial charge < -0.3 is 0 Å². The van der Waals surface area contributed by atoms with E-state index < -0.39 is 0 Å². The number of aryl methyl sites for hydroxylation is 1. The minimum absolute atomic E-state index is 0.111. The third-order valence-corrected chi connectivity index (χ3v) is 3.71. The van der Waals surface area contributed by atoms with E-state index in [1.165, 1.54) is 12.1 Å². The van der Waals surface area contributed by atoms with E-state index >= 15 is 0 Å². The number of rotatable bonds is 4. The number of pyridine rings is 1. The Morgan fingerprint density at radius 1 is 1.20 bits per heavy atom. The number of nitrogens with one attached hydrogen (secondary N) is 1. The van der Waals surface area contributed by atoms with Gasteiger partial charge in [-0.15, -0.1) is 0 Å². The van der Waals surface area contributed by atoms with Gasteiger partial charge in [-0.25, -0.2) is 4.39 Å². The lowest BCUT2D eigenvalue weighted by atomic mass is 9.75. The molecule has 0 spiro atoms. The van der Waals surface area contributed by atoms with Crippen LogP contribution >= 0.6 is 0 Å². The van der Waals surface area contributed by atoms with E-state index in [-0.39, 0.29) is 17.3 Å². The van der Waals surface area contributed by atoms with E-state index in [4.69, 9.17) is 5.84 Å². The van der Waals surface area contributed by atoms with Gasteiger partial charge in [-0.1, -0.05) is 32.0 Å². The summed E-state index contributed by atoms with van der Waals surface area (Å²) in [6.07, 6.45) is 3.62. The van der Waals surface area contributed by atoms with Crippen LogP contribution in [0.5, 0.6) is 0 Å². The quantitative estimate of drug-likeness (QED) is 0.665. The van der Waals surface area contributed by atoms with Crippen LogP contribution in [0.4, 0.5) is 4.39 Å².